The van der Waals surface area contributed by atoms with Crippen molar-refractivity contribution in [1.29, 1.82) is 0 Å². The first-order valence-electron chi connectivity index (χ1n) is 10.1. The predicted octanol–water partition coefficient (Wildman–Crippen LogP) is 4.15. The van der Waals surface area contributed by atoms with Gasteiger partial charge in [-0.2, -0.15) is 5.10 Å². The van der Waals surface area contributed by atoms with Crippen LogP contribution in [-0.4, -0.2) is 24.0 Å². The van der Waals surface area contributed by atoms with Crippen LogP contribution in [0.2, 0.25) is 0 Å². The van der Waals surface area contributed by atoms with Crippen LogP contribution in [0.4, 0.5) is 5.69 Å². The number of hydrazone groups is 1. The average Bonchev–Trinajstić information content (AvgIpc) is 2.85. The van der Waals surface area contributed by atoms with Gasteiger partial charge in [0, 0.05) is 5.69 Å². The van der Waals surface area contributed by atoms with Gasteiger partial charge in [0.1, 0.15) is 5.75 Å². The molecule has 0 aliphatic heterocycles. The zero-order valence-electron chi connectivity index (χ0n) is 17.4. The highest BCUT2D eigenvalue weighted by Gasteiger charge is 2.13. The Hall–Kier alpha value is -4.78. The number of ether oxygens (including phenoxy) is 1. The van der Waals surface area contributed by atoms with Gasteiger partial charge in [-0.3, -0.25) is 9.59 Å². The van der Waals surface area contributed by atoms with Gasteiger partial charge in [0.05, 0.1) is 11.8 Å². The summed E-state index contributed by atoms with van der Waals surface area (Å²) in [5.74, 6) is -1.80. The first-order chi connectivity index (χ1) is 16.1. The number of esters is 1. The number of fused-ring (bicyclic) bond motifs is 1. The molecule has 2 N–H and O–H groups in total. The topological polar surface area (TPSA) is 96.9 Å². The van der Waals surface area contributed by atoms with Gasteiger partial charge in [0.15, 0.2) is 0 Å². The van der Waals surface area contributed by atoms with Gasteiger partial charge in [-0.25, -0.2) is 10.2 Å². The molecule has 0 aromatic heterocycles. The molecule has 162 valence electrons. The van der Waals surface area contributed by atoms with E-state index in [1.165, 1.54) is 6.21 Å². The van der Waals surface area contributed by atoms with Crippen LogP contribution < -0.4 is 15.5 Å². The van der Waals surface area contributed by atoms with Crippen LogP contribution in [0.15, 0.2) is 102 Å². The molecule has 0 saturated carbocycles. The number of para-hydroxylation sites is 1. The van der Waals surface area contributed by atoms with Gasteiger partial charge in [-0.1, -0.05) is 54.6 Å². The monoisotopic (exact) mass is 437 g/mol. The summed E-state index contributed by atoms with van der Waals surface area (Å²) in [6.07, 6.45) is 1.38. The Morgan fingerprint density at radius 1 is 0.727 bits per heavy atom. The van der Waals surface area contributed by atoms with Crippen molar-refractivity contribution in [3.8, 4) is 5.75 Å². The van der Waals surface area contributed by atoms with E-state index in [4.69, 9.17) is 4.74 Å². The molecule has 0 bridgehead atoms. The predicted molar refractivity (Wildman–Crippen MR) is 126 cm³/mol. The molecule has 4 rings (SSSR count). The molecule has 0 radical (unpaired) electrons. The van der Waals surface area contributed by atoms with E-state index >= 15 is 0 Å². The maximum atomic E-state index is 12.6. The highest BCUT2D eigenvalue weighted by Crippen LogP contribution is 2.21. The van der Waals surface area contributed by atoms with Gasteiger partial charge in [0.2, 0.25) is 0 Å². The molecule has 4 aromatic carbocycles. The first kappa shape index (κ1) is 21.5. The molecule has 0 aliphatic carbocycles. The van der Waals surface area contributed by atoms with Crippen LogP contribution >= 0.6 is 0 Å². The molecule has 0 unspecified atom stereocenters. The number of rotatable bonds is 5. The Morgan fingerprint density at radius 3 is 2.21 bits per heavy atom. The van der Waals surface area contributed by atoms with E-state index in [2.05, 4.69) is 15.8 Å². The normalized spacial score (nSPS) is 10.7. The molecule has 4 aromatic rings. The zero-order valence-corrected chi connectivity index (χ0v) is 17.4. The third kappa shape index (κ3) is 5.48. The Labute approximate surface area is 189 Å². The van der Waals surface area contributed by atoms with Crippen LogP contribution in [-0.2, 0) is 9.59 Å². The van der Waals surface area contributed by atoms with Gasteiger partial charge in [-0.15, -0.1) is 0 Å². The van der Waals surface area contributed by atoms with Crippen LogP contribution in [0, 0.1) is 0 Å². The fraction of sp³-hybridized carbons (Fsp3) is 0. The minimum absolute atomic E-state index is 0.372. The molecule has 0 saturated heterocycles. The molecule has 0 atom stereocenters. The van der Waals surface area contributed by atoms with E-state index in [-0.39, 0.29) is 0 Å². The molecule has 0 heterocycles. The van der Waals surface area contributed by atoms with Crippen molar-refractivity contribution in [2.75, 3.05) is 5.32 Å². The third-order valence-electron chi connectivity index (χ3n) is 4.72. The second-order valence-electron chi connectivity index (χ2n) is 7.00. The van der Waals surface area contributed by atoms with Gasteiger partial charge < -0.3 is 10.1 Å². The number of hydrogen-bond donors (Lipinski definition) is 2. The maximum absolute atomic E-state index is 12.6. The van der Waals surface area contributed by atoms with Crippen LogP contribution in [0.25, 0.3) is 10.8 Å². The number of anilines is 1. The number of benzene rings is 4. The number of amides is 2. The molecule has 0 fully saturated rings. The summed E-state index contributed by atoms with van der Waals surface area (Å²) in [6, 6.07) is 28.3. The fourth-order valence-corrected chi connectivity index (χ4v) is 3.11. The molecule has 7 nitrogen and oxygen atoms in total. The van der Waals surface area contributed by atoms with E-state index in [1.54, 1.807) is 60.7 Å². The second-order valence-corrected chi connectivity index (χ2v) is 7.00. The summed E-state index contributed by atoms with van der Waals surface area (Å²) in [4.78, 5) is 36.3. The summed E-state index contributed by atoms with van der Waals surface area (Å²) < 4.78 is 5.49. The summed E-state index contributed by atoms with van der Waals surface area (Å²) in [5, 5.41) is 8.03. The summed E-state index contributed by atoms with van der Waals surface area (Å²) in [5.41, 5.74) is 3.80. The minimum atomic E-state index is -0.893. The third-order valence-corrected chi connectivity index (χ3v) is 4.72. The van der Waals surface area contributed by atoms with E-state index in [1.807, 2.05) is 36.4 Å². The smallest absolute Gasteiger partial charge is 0.344 e. The Balaban J connectivity index is 1.33. The highest BCUT2D eigenvalue weighted by molar-refractivity contribution is 6.39. The van der Waals surface area contributed by atoms with Crippen LogP contribution in [0.5, 0.6) is 5.75 Å². The lowest BCUT2D eigenvalue weighted by atomic mass is 10.0. The van der Waals surface area contributed by atoms with Crippen molar-refractivity contribution < 1.29 is 19.1 Å². The van der Waals surface area contributed by atoms with Gasteiger partial charge in [0.25, 0.3) is 0 Å². The summed E-state index contributed by atoms with van der Waals surface area (Å²) in [7, 11) is 0. The standard InChI is InChI=1S/C26H19N3O4/c30-24(28-20-9-2-1-3-10-20)25(31)29-27-17-18-13-15-21(16-14-18)33-26(32)23-12-6-8-19-7-4-5-11-22(19)23/h1-17H,(H,28,30)(H,29,31). The van der Waals surface area contributed by atoms with Crippen molar-refractivity contribution in [3.63, 3.8) is 0 Å². The molecule has 2 amide bonds. The molecular formula is C26H19N3O4. The van der Waals surface area contributed by atoms with Crippen LogP contribution in [0.1, 0.15) is 15.9 Å². The Kier molecular flexibility index (Phi) is 6.51. The van der Waals surface area contributed by atoms with E-state index in [9.17, 15) is 14.4 Å². The van der Waals surface area contributed by atoms with Gasteiger partial charge in [-0.05, 0) is 58.8 Å². The van der Waals surface area contributed by atoms with Crippen LogP contribution in [0.3, 0.4) is 0 Å². The van der Waals surface area contributed by atoms with E-state index in [0.717, 1.165) is 10.8 Å². The number of nitrogens with one attached hydrogen (secondary N) is 2. The molecular weight excluding hydrogens is 418 g/mol. The second kappa shape index (κ2) is 10.0. The Morgan fingerprint density at radius 2 is 1.42 bits per heavy atom. The van der Waals surface area contributed by atoms with Crippen molar-refractivity contribution in [1.82, 2.24) is 5.43 Å². The average molecular weight is 437 g/mol. The van der Waals surface area contributed by atoms with Crippen molar-refractivity contribution in [2.24, 2.45) is 5.10 Å². The lowest BCUT2D eigenvalue weighted by molar-refractivity contribution is -0.136. The molecule has 7 heteroatoms. The van der Waals surface area contributed by atoms with E-state index in [0.29, 0.717) is 22.6 Å². The molecule has 0 spiro atoms. The zero-order chi connectivity index (χ0) is 23.0. The number of carbonyl (C=O) groups is 3. The number of hydrogen-bond acceptors (Lipinski definition) is 5. The minimum Gasteiger partial charge on any atom is -0.423 e. The largest absolute Gasteiger partial charge is 0.423 e. The first-order valence-corrected chi connectivity index (χ1v) is 10.1. The molecule has 0 aliphatic rings. The highest BCUT2D eigenvalue weighted by atomic mass is 16.5. The summed E-state index contributed by atoms with van der Waals surface area (Å²) in [6.45, 7) is 0. The fourth-order valence-electron chi connectivity index (χ4n) is 3.11. The number of nitrogens with zero attached hydrogens (tertiary/aromatic N) is 1. The maximum Gasteiger partial charge on any atom is 0.344 e. The van der Waals surface area contributed by atoms with E-state index < -0.39 is 17.8 Å². The molecule has 33 heavy (non-hydrogen) atoms. The summed E-state index contributed by atoms with van der Waals surface area (Å²) >= 11 is 0. The SMILES string of the molecule is O=C(NN=Cc1ccc(OC(=O)c2cccc3ccccc23)cc1)C(=O)Nc1ccccc1. The lowest BCUT2D eigenvalue weighted by Gasteiger charge is -2.07. The van der Waals surface area contributed by atoms with Crippen molar-refractivity contribution >= 4 is 40.5 Å². The number of carbonyl (C=O) groups excluding carboxylic acids is 3. The van der Waals surface area contributed by atoms with Crippen molar-refractivity contribution in [2.45, 2.75) is 0 Å². The van der Waals surface area contributed by atoms with Gasteiger partial charge >= 0.3 is 17.8 Å². The Bertz CT molecular complexity index is 1330. The quantitative estimate of drug-likeness (QED) is 0.161. The van der Waals surface area contributed by atoms with Crippen molar-refractivity contribution in [3.05, 3.63) is 108 Å². The lowest BCUT2D eigenvalue weighted by Crippen LogP contribution is -2.32.